The number of fused-ring (bicyclic) bond motifs is 1. The van der Waals surface area contributed by atoms with Crippen LogP contribution in [0, 0.1) is 5.92 Å². The normalized spacial score (nSPS) is 25.5. The summed E-state index contributed by atoms with van der Waals surface area (Å²) in [7, 11) is -1.08. The van der Waals surface area contributed by atoms with Crippen molar-refractivity contribution in [3.8, 4) is 0 Å². The van der Waals surface area contributed by atoms with Crippen molar-refractivity contribution < 1.29 is 4.21 Å². The Bertz CT molecular complexity index is 654. The fourth-order valence-electron chi connectivity index (χ4n) is 2.52. The van der Waals surface area contributed by atoms with Crippen molar-refractivity contribution in [3.63, 3.8) is 0 Å². The third kappa shape index (κ3) is 2.11. The SMILES string of the molecule is O=S1C(SCC2CC2)=C2C=NCCC2=C1c1ccn[nH]1. The molecule has 0 radical (unpaired) electrons. The first-order valence-electron chi connectivity index (χ1n) is 6.86. The Morgan fingerprint density at radius 3 is 3.10 bits per heavy atom. The van der Waals surface area contributed by atoms with Crippen LogP contribution in [0.2, 0.25) is 0 Å². The first-order valence-corrected chi connectivity index (χ1v) is 9.00. The molecule has 2 aliphatic heterocycles. The quantitative estimate of drug-likeness (QED) is 0.930. The molecule has 1 aromatic rings. The summed E-state index contributed by atoms with van der Waals surface area (Å²) in [5.41, 5.74) is 3.18. The molecule has 4 rings (SSSR count). The van der Waals surface area contributed by atoms with Crippen molar-refractivity contribution in [2.75, 3.05) is 12.3 Å². The zero-order chi connectivity index (χ0) is 13.5. The van der Waals surface area contributed by atoms with E-state index in [0.29, 0.717) is 0 Å². The lowest BCUT2D eigenvalue weighted by molar-refractivity contribution is 0.693. The number of hydrogen-bond donors (Lipinski definition) is 1. The first-order chi connectivity index (χ1) is 9.84. The highest BCUT2D eigenvalue weighted by molar-refractivity contribution is 8.19. The average Bonchev–Trinajstić information content (AvgIpc) is 3.05. The molecule has 6 heteroatoms. The first kappa shape index (κ1) is 12.6. The van der Waals surface area contributed by atoms with Crippen molar-refractivity contribution >= 4 is 33.7 Å². The van der Waals surface area contributed by atoms with Gasteiger partial charge in [-0.3, -0.25) is 10.1 Å². The summed E-state index contributed by atoms with van der Waals surface area (Å²) in [5.74, 6) is 1.91. The molecule has 1 N–H and O–H groups in total. The summed E-state index contributed by atoms with van der Waals surface area (Å²) in [6.07, 6.45) is 7.15. The van der Waals surface area contributed by atoms with Crippen molar-refractivity contribution in [2.24, 2.45) is 10.9 Å². The molecule has 20 heavy (non-hydrogen) atoms. The number of nitrogens with one attached hydrogen (secondary N) is 1. The van der Waals surface area contributed by atoms with Crippen LogP contribution >= 0.6 is 11.8 Å². The fraction of sp³-hybridized carbons (Fsp3) is 0.429. The summed E-state index contributed by atoms with van der Waals surface area (Å²) in [6.45, 7) is 0.786. The molecule has 104 valence electrons. The number of hydrogen-bond acceptors (Lipinski definition) is 4. The van der Waals surface area contributed by atoms with Crippen LogP contribution in [0.5, 0.6) is 0 Å². The molecular formula is C14H15N3OS2. The molecule has 1 fully saturated rings. The summed E-state index contributed by atoms with van der Waals surface area (Å²) in [5, 5.41) is 6.95. The number of aromatic nitrogens is 2. The van der Waals surface area contributed by atoms with Crippen LogP contribution in [0.3, 0.4) is 0 Å². The van der Waals surface area contributed by atoms with E-state index in [1.54, 1.807) is 18.0 Å². The Kier molecular flexibility index (Phi) is 3.15. The van der Waals surface area contributed by atoms with Crippen LogP contribution in [-0.2, 0) is 10.8 Å². The van der Waals surface area contributed by atoms with E-state index in [-0.39, 0.29) is 0 Å². The minimum atomic E-state index is -1.08. The predicted octanol–water partition coefficient (Wildman–Crippen LogP) is 2.71. The highest BCUT2D eigenvalue weighted by Gasteiger charge is 2.34. The van der Waals surface area contributed by atoms with E-state index in [1.165, 1.54) is 18.4 Å². The van der Waals surface area contributed by atoms with Crippen LogP contribution in [0.25, 0.3) is 4.91 Å². The number of nitrogens with zero attached hydrogens (tertiary/aromatic N) is 2. The maximum atomic E-state index is 12.9. The molecule has 0 aromatic carbocycles. The lowest BCUT2D eigenvalue weighted by Gasteiger charge is -2.09. The van der Waals surface area contributed by atoms with Crippen molar-refractivity contribution in [1.29, 1.82) is 0 Å². The second-order valence-electron chi connectivity index (χ2n) is 5.29. The van der Waals surface area contributed by atoms with Gasteiger partial charge in [0.1, 0.15) is 0 Å². The molecule has 0 amide bonds. The van der Waals surface area contributed by atoms with Gasteiger partial charge in [-0.1, -0.05) is 0 Å². The number of thioether (sulfide) groups is 1. The number of H-pyrrole nitrogens is 1. The molecule has 1 unspecified atom stereocenters. The Morgan fingerprint density at radius 1 is 1.45 bits per heavy atom. The van der Waals surface area contributed by atoms with Gasteiger partial charge in [0.15, 0.2) is 0 Å². The van der Waals surface area contributed by atoms with E-state index >= 15 is 0 Å². The fourth-order valence-corrected chi connectivity index (χ4v) is 5.76. The smallest absolute Gasteiger partial charge is 0.0946 e. The van der Waals surface area contributed by atoms with E-state index < -0.39 is 10.8 Å². The van der Waals surface area contributed by atoms with Gasteiger partial charge < -0.3 is 0 Å². The third-order valence-corrected chi connectivity index (χ3v) is 7.10. The van der Waals surface area contributed by atoms with Gasteiger partial charge in [-0.05, 0) is 36.8 Å². The standard InChI is InChI=1S/C14H15N3OS2/c18-20-13(12-4-6-16-17-12)10-3-5-15-7-11(10)14(20)19-8-9-1-2-9/h4,6-7,9H,1-3,5,8H2,(H,16,17). The van der Waals surface area contributed by atoms with Gasteiger partial charge in [-0.25, -0.2) is 4.21 Å². The minimum Gasteiger partial charge on any atom is -0.292 e. The van der Waals surface area contributed by atoms with Crippen LogP contribution in [0.15, 0.2) is 32.6 Å². The van der Waals surface area contributed by atoms with E-state index in [2.05, 4.69) is 15.2 Å². The van der Waals surface area contributed by atoms with Crippen LogP contribution < -0.4 is 0 Å². The van der Waals surface area contributed by atoms with E-state index in [1.807, 2.05) is 12.3 Å². The van der Waals surface area contributed by atoms with E-state index in [9.17, 15) is 4.21 Å². The second kappa shape index (κ2) is 5.00. The minimum absolute atomic E-state index is 0.786. The van der Waals surface area contributed by atoms with Crippen molar-refractivity contribution in [3.05, 3.63) is 33.3 Å². The van der Waals surface area contributed by atoms with E-state index in [0.717, 1.165) is 45.0 Å². The van der Waals surface area contributed by atoms with Crippen molar-refractivity contribution in [2.45, 2.75) is 19.3 Å². The van der Waals surface area contributed by atoms with Gasteiger partial charge in [0.2, 0.25) is 0 Å². The topological polar surface area (TPSA) is 58.1 Å². The molecule has 1 aromatic heterocycles. The number of aromatic amines is 1. The zero-order valence-electron chi connectivity index (χ0n) is 11.0. The van der Waals surface area contributed by atoms with Crippen molar-refractivity contribution in [1.82, 2.24) is 10.2 Å². The zero-order valence-corrected chi connectivity index (χ0v) is 12.6. The Labute approximate surface area is 124 Å². The Hall–Kier alpha value is -1.14. The van der Waals surface area contributed by atoms with Gasteiger partial charge in [-0.2, -0.15) is 5.10 Å². The number of rotatable bonds is 4. The summed E-state index contributed by atoms with van der Waals surface area (Å²) in [6, 6.07) is 1.90. The molecule has 4 nitrogen and oxygen atoms in total. The molecular weight excluding hydrogens is 290 g/mol. The van der Waals surface area contributed by atoms with Gasteiger partial charge in [-0.15, -0.1) is 11.8 Å². The van der Waals surface area contributed by atoms with Crippen LogP contribution in [0.1, 0.15) is 25.0 Å². The van der Waals surface area contributed by atoms with Gasteiger partial charge in [0.25, 0.3) is 0 Å². The summed E-state index contributed by atoms with van der Waals surface area (Å²) < 4.78 is 13.9. The summed E-state index contributed by atoms with van der Waals surface area (Å²) >= 11 is 1.76. The lowest BCUT2D eigenvalue weighted by Crippen LogP contribution is -2.01. The summed E-state index contributed by atoms with van der Waals surface area (Å²) in [4.78, 5) is 5.29. The number of aliphatic imine (C=N–C) groups is 1. The molecule has 3 aliphatic rings. The maximum Gasteiger partial charge on any atom is 0.0946 e. The third-order valence-electron chi connectivity index (χ3n) is 3.78. The van der Waals surface area contributed by atoms with Gasteiger partial charge in [0, 0.05) is 30.3 Å². The average molecular weight is 305 g/mol. The lowest BCUT2D eigenvalue weighted by atomic mass is 10.0. The van der Waals surface area contributed by atoms with E-state index in [4.69, 9.17) is 0 Å². The molecule has 0 bridgehead atoms. The molecule has 1 atom stereocenters. The van der Waals surface area contributed by atoms with Crippen LogP contribution in [-0.4, -0.2) is 32.9 Å². The Morgan fingerprint density at radius 2 is 2.35 bits per heavy atom. The molecule has 1 saturated carbocycles. The largest absolute Gasteiger partial charge is 0.292 e. The monoisotopic (exact) mass is 305 g/mol. The highest BCUT2D eigenvalue weighted by Crippen LogP contribution is 2.46. The van der Waals surface area contributed by atoms with Gasteiger partial charge in [0.05, 0.1) is 25.6 Å². The van der Waals surface area contributed by atoms with Gasteiger partial charge >= 0.3 is 0 Å². The highest BCUT2D eigenvalue weighted by atomic mass is 32.2. The molecule has 0 spiro atoms. The molecule has 3 heterocycles. The Balaban J connectivity index is 1.72. The second-order valence-corrected chi connectivity index (χ2v) is 7.93. The predicted molar refractivity (Wildman–Crippen MR) is 83.8 cm³/mol. The molecule has 1 aliphatic carbocycles. The molecule has 0 saturated heterocycles. The maximum absolute atomic E-state index is 12.9. The number of allylic oxidation sites excluding steroid dienone is 1. The van der Waals surface area contributed by atoms with Crippen LogP contribution in [0.4, 0.5) is 0 Å².